The van der Waals surface area contributed by atoms with Crippen LogP contribution in [0.25, 0.3) is 5.69 Å². The van der Waals surface area contributed by atoms with Gasteiger partial charge in [-0.15, -0.1) is 5.10 Å². The van der Waals surface area contributed by atoms with Crippen molar-refractivity contribution in [3.63, 3.8) is 0 Å². The van der Waals surface area contributed by atoms with Crippen LogP contribution in [-0.4, -0.2) is 26.1 Å². The fourth-order valence-corrected chi connectivity index (χ4v) is 2.09. The predicted molar refractivity (Wildman–Crippen MR) is 84.2 cm³/mol. The Balaban J connectivity index is 1.78. The van der Waals surface area contributed by atoms with Gasteiger partial charge in [0.05, 0.1) is 11.4 Å². The molecule has 7 nitrogen and oxygen atoms in total. The highest BCUT2D eigenvalue weighted by atomic mass is 16.5. The molecule has 1 heterocycles. The number of tetrazole rings is 1. The topological polar surface area (TPSA) is 81.9 Å². The average Bonchev–Trinajstić information content (AvgIpc) is 3.03. The van der Waals surface area contributed by atoms with Crippen molar-refractivity contribution in [3.05, 3.63) is 60.4 Å². The van der Waals surface area contributed by atoms with Crippen molar-refractivity contribution in [2.75, 3.05) is 5.32 Å². The van der Waals surface area contributed by atoms with Gasteiger partial charge in [-0.2, -0.15) is 4.68 Å². The molecule has 3 aromatic rings. The lowest BCUT2D eigenvalue weighted by Crippen LogP contribution is -2.10. The predicted octanol–water partition coefficient (Wildman–Crippen LogP) is 2.20. The van der Waals surface area contributed by atoms with Gasteiger partial charge in [-0.05, 0) is 34.7 Å². The summed E-state index contributed by atoms with van der Waals surface area (Å²) in [4.78, 5) is 11.2. The number of carbonyl (C=O) groups is 1. The minimum absolute atomic E-state index is 0.157. The van der Waals surface area contributed by atoms with Gasteiger partial charge in [0.2, 0.25) is 5.91 Å². The summed E-state index contributed by atoms with van der Waals surface area (Å²) in [6.45, 7) is 1.63. The summed E-state index contributed by atoms with van der Waals surface area (Å²) in [6.07, 6.45) is 0. The third kappa shape index (κ3) is 3.52. The molecule has 1 amide bonds. The van der Waals surface area contributed by atoms with E-state index in [0.717, 1.165) is 5.69 Å². The van der Waals surface area contributed by atoms with Gasteiger partial charge in [-0.3, -0.25) is 4.79 Å². The molecule has 0 aliphatic heterocycles. The molecule has 3 rings (SSSR count). The van der Waals surface area contributed by atoms with Crippen molar-refractivity contribution in [2.45, 2.75) is 13.5 Å². The highest BCUT2D eigenvalue weighted by molar-refractivity contribution is 5.90. The van der Waals surface area contributed by atoms with Crippen LogP contribution in [0.15, 0.2) is 54.6 Å². The van der Waals surface area contributed by atoms with E-state index in [1.807, 2.05) is 42.5 Å². The molecule has 116 valence electrons. The summed E-state index contributed by atoms with van der Waals surface area (Å²) >= 11 is 0. The minimum atomic E-state index is -0.157. The monoisotopic (exact) mass is 309 g/mol. The molecular weight excluding hydrogens is 294 g/mol. The Labute approximate surface area is 132 Å². The van der Waals surface area contributed by atoms with E-state index in [4.69, 9.17) is 4.74 Å². The Morgan fingerprint density at radius 1 is 1.13 bits per heavy atom. The Hall–Kier alpha value is -3.22. The number of carbonyl (C=O) groups excluding carboxylic acids is 1. The standard InChI is InChI=1S/C16H15N5O2/c1-12(22)17-14-9-5-6-10-15(14)23-11-16-18-19-20-21(16)13-7-3-2-4-8-13/h2-10H,11H2,1H3,(H,17,22). The van der Waals surface area contributed by atoms with Crippen molar-refractivity contribution in [2.24, 2.45) is 0 Å². The van der Waals surface area contributed by atoms with Crippen molar-refractivity contribution >= 4 is 11.6 Å². The molecule has 0 unspecified atom stereocenters. The number of ether oxygens (including phenoxy) is 1. The van der Waals surface area contributed by atoms with Crippen LogP contribution in [0.1, 0.15) is 12.7 Å². The molecule has 2 aromatic carbocycles. The summed E-state index contributed by atoms with van der Waals surface area (Å²) in [7, 11) is 0. The first kappa shape index (κ1) is 14.7. The third-order valence-electron chi connectivity index (χ3n) is 3.09. The molecule has 0 saturated carbocycles. The Kier molecular flexibility index (Phi) is 4.28. The summed E-state index contributed by atoms with van der Waals surface area (Å²) in [6, 6.07) is 16.8. The van der Waals surface area contributed by atoms with Crippen LogP contribution in [0.4, 0.5) is 5.69 Å². The number of anilines is 1. The number of nitrogens with zero attached hydrogens (tertiary/aromatic N) is 4. The van der Waals surface area contributed by atoms with Gasteiger partial charge < -0.3 is 10.1 Å². The summed E-state index contributed by atoms with van der Waals surface area (Å²) in [5, 5.41) is 14.4. The second-order valence-electron chi connectivity index (χ2n) is 4.81. The van der Waals surface area contributed by atoms with Gasteiger partial charge in [0.1, 0.15) is 12.4 Å². The maximum atomic E-state index is 11.2. The number of nitrogens with one attached hydrogen (secondary N) is 1. The average molecular weight is 309 g/mol. The third-order valence-corrected chi connectivity index (χ3v) is 3.09. The van der Waals surface area contributed by atoms with Crippen LogP contribution in [0.3, 0.4) is 0 Å². The SMILES string of the molecule is CC(=O)Nc1ccccc1OCc1nnnn1-c1ccccc1. The second-order valence-corrected chi connectivity index (χ2v) is 4.81. The van der Waals surface area contributed by atoms with Crippen LogP contribution in [0, 0.1) is 0 Å². The summed E-state index contributed by atoms with van der Waals surface area (Å²) < 4.78 is 7.38. The van der Waals surface area contributed by atoms with Gasteiger partial charge in [-0.1, -0.05) is 30.3 Å². The van der Waals surface area contributed by atoms with E-state index < -0.39 is 0 Å². The maximum absolute atomic E-state index is 11.2. The first-order valence-corrected chi connectivity index (χ1v) is 7.06. The van der Waals surface area contributed by atoms with Crippen molar-refractivity contribution in [1.29, 1.82) is 0 Å². The summed E-state index contributed by atoms with van der Waals surface area (Å²) in [5.74, 6) is 0.967. The Bertz CT molecular complexity index is 801. The first-order valence-electron chi connectivity index (χ1n) is 7.06. The molecule has 1 N–H and O–H groups in total. The number of hydrogen-bond acceptors (Lipinski definition) is 5. The lowest BCUT2D eigenvalue weighted by atomic mass is 10.3. The summed E-state index contributed by atoms with van der Waals surface area (Å²) in [5.41, 5.74) is 1.46. The van der Waals surface area contributed by atoms with Gasteiger partial charge in [-0.25, -0.2) is 0 Å². The van der Waals surface area contributed by atoms with Crippen molar-refractivity contribution in [3.8, 4) is 11.4 Å². The zero-order valence-corrected chi connectivity index (χ0v) is 12.5. The molecule has 0 saturated heterocycles. The molecule has 0 radical (unpaired) electrons. The van der Waals surface area contributed by atoms with E-state index >= 15 is 0 Å². The number of aromatic nitrogens is 4. The molecule has 0 aliphatic carbocycles. The van der Waals surface area contributed by atoms with E-state index in [1.54, 1.807) is 16.8 Å². The fourth-order valence-electron chi connectivity index (χ4n) is 2.09. The van der Waals surface area contributed by atoms with Gasteiger partial charge in [0, 0.05) is 6.92 Å². The van der Waals surface area contributed by atoms with Crippen molar-refractivity contribution < 1.29 is 9.53 Å². The zero-order chi connectivity index (χ0) is 16.1. The number of amides is 1. The van der Waals surface area contributed by atoms with Crippen LogP contribution < -0.4 is 10.1 Å². The molecular formula is C16H15N5O2. The molecule has 1 aromatic heterocycles. The van der Waals surface area contributed by atoms with E-state index in [9.17, 15) is 4.79 Å². The number of rotatable bonds is 5. The molecule has 0 bridgehead atoms. The van der Waals surface area contributed by atoms with Crippen LogP contribution in [0.5, 0.6) is 5.75 Å². The van der Waals surface area contributed by atoms with Gasteiger partial charge in [0.15, 0.2) is 5.82 Å². The van der Waals surface area contributed by atoms with Crippen LogP contribution >= 0.6 is 0 Å². The lowest BCUT2D eigenvalue weighted by Gasteiger charge is -2.11. The van der Waals surface area contributed by atoms with E-state index in [0.29, 0.717) is 17.3 Å². The van der Waals surface area contributed by atoms with E-state index in [2.05, 4.69) is 20.8 Å². The quantitative estimate of drug-likeness (QED) is 0.781. The minimum Gasteiger partial charge on any atom is -0.483 e. The lowest BCUT2D eigenvalue weighted by molar-refractivity contribution is -0.114. The molecule has 0 atom stereocenters. The highest BCUT2D eigenvalue weighted by Crippen LogP contribution is 2.24. The molecule has 23 heavy (non-hydrogen) atoms. The largest absolute Gasteiger partial charge is 0.483 e. The Morgan fingerprint density at radius 3 is 2.65 bits per heavy atom. The maximum Gasteiger partial charge on any atom is 0.221 e. The van der Waals surface area contributed by atoms with Gasteiger partial charge >= 0.3 is 0 Å². The molecule has 0 spiro atoms. The fraction of sp³-hybridized carbons (Fsp3) is 0.125. The zero-order valence-electron chi connectivity index (χ0n) is 12.5. The van der Waals surface area contributed by atoms with Crippen LogP contribution in [-0.2, 0) is 11.4 Å². The highest BCUT2D eigenvalue weighted by Gasteiger charge is 2.10. The molecule has 0 aliphatic rings. The molecule has 7 heteroatoms. The normalized spacial score (nSPS) is 10.3. The van der Waals surface area contributed by atoms with Crippen LogP contribution in [0.2, 0.25) is 0 Å². The number of benzene rings is 2. The number of hydrogen-bond donors (Lipinski definition) is 1. The van der Waals surface area contributed by atoms with Crippen molar-refractivity contribution in [1.82, 2.24) is 20.2 Å². The Morgan fingerprint density at radius 2 is 1.87 bits per heavy atom. The second kappa shape index (κ2) is 6.69. The molecule has 0 fully saturated rings. The van der Waals surface area contributed by atoms with Gasteiger partial charge in [0.25, 0.3) is 0 Å². The van der Waals surface area contributed by atoms with E-state index in [-0.39, 0.29) is 12.5 Å². The van der Waals surface area contributed by atoms with E-state index in [1.165, 1.54) is 6.92 Å². The first-order chi connectivity index (χ1) is 11.2. The number of para-hydroxylation sites is 3. The smallest absolute Gasteiger partial charge is 0.221 e.